The summed E-state index contributed by atoms with van der Waals surface area (Å²) in [5, 5.41) is 19.7. The van der Waals surface area contributed by atoms with Crippen molar-refractivity contribution in [3.63, 3.8) is 0 Å². The third kappa shape index (κ3) is 3.82. The molecule has 1 heterocycles. The van der Waals surface area contributed by atoms with Crippen molar-refractivity contribution in [2.45, 2.75) is 31.8 Å². The number of hydrogen-bond donors (Lipinski definition) is 3. The number of nitrogens with one attached hydrogen (secondary N) is 1. The van der Waals surface area contributed by atoms with Gasteiger partial charge in [0.25, 0.3) is 0 Å². The molecule has 3 N–H and O–H groups in total. The fourth-order valence-electron chi connectivity index (χ4n) is 1.91. The van der Waals surface area contributed by atoms with Gasteiger partial charge in [0, 0.05) is 6.54 Å². The van der Waals surface area contributed by atoms with Crippen molar-refractivity contribution in [2.24, 2.45) is 0 Å². The number of likely N-dealkylation sites (tertiary alicyclic amines) is 1. The predicted octanol–water partition coefficient (Wildman–Crippen LogP) is -0.831. The second-order valence-corrected chi connectivity index (χ2v) is 4.13. The highest BCUT2D eigenvalue weighted by atomic mass is 16.5. The summed E-state index contributed by atoms with van der Waals surface area (Å²) in [4.78, 5) is 35.5. The molecule has 1 rings (SSSR count). The maximum Gasteiger partial charge on any atom is 0.328 e. The highest BCUT2D eigenvalue weighted by molar-refractivity contribution is 5.87. The molecule has 0 radical (unpaired) electrons. The number of ether oxygens (including phenoxy) is 1. The number of aliphatic hydroxyl groups excluding tert-OH is 1. The molecule has 0 aromatic rings. The standard InChI is InChI=1S/C11H18N2O6/c1-2-19-10(17)8-4-3-5-13(8)11(18)12-7(6-14)9(15)16/h7-8,14H,2-6H2,1H3,(H,12,18)(H,15,16)/t7-,8?/m1/s1. The average Bonchev–Trinajstić information content (AvgIpc) is 2.84. The maximum atomic E-state index is 11.9. The lowest BCUT2D eigenvalue weighted by Gasteiger charge is -2.24. The van der Waals surface area contributed by atoms with Crippen molar-refractivity contribution in [1.82, 2.24) is 10.2 Å². The average molecular weight is 274 g/mol. The number of carbonyl (C=O) groups excluding carboxylic acids is 2. The molecule has 1 unspecified atom stereocenters. The Morgan fingerprint density at radius 2 is 2.16 bits per heavy atom. The first-order valence-electron chi connectivity index (χ1n) is 6.08. The molecule has 0 aliphatic carbocycles. The summed E-state index contributed by atoms with van der Waals surface area (Å²) < 4.78 is 4.86. The minimum absolute atomic E-state index is 0.221. The third-order valence-corrected chi connectivity index (χ3v) is 2.85. The van der Waals surface area contributed by atoms with Crippen molar-refractivity contribution >= 4 is 18.0 Å². The SMILES string of the molecule is CCOC(=O)C1CCCN1C(=O)N[C@H](CO)C(=O)O. The van der Waals surface area contributed by atoms with E-state index in [1.54, 1.807) is 6.92 Å². The number of rotatable bonds is 5. The van der Waals surface area contributed by atoms with E-state index in [4.69, 9.17) is 14.9 Å². The van der Waals surface area contributed by atoms with Gasteiger partial charge in [-0.1, -0.05) is 0 Å². The largest absolute Gasteiger partial charge is 0.480 e. The van der Waals surface area contributed by atoms with Gasteiger partial charge in [-0.15, -0.1) is 0 Å². The molecule has 2 atom stereocenters. The van der Waals surface area contributed by atoms with Gasteiger partial charge in [0.1, 0.15) is 6.04 Å². The number of carboxylic acids is 1. The zero-order chi connectivity index (χ0) is 14.4. The molecule has 1 aliphatic rings. The fourth-order valence-corrected chi connectivity index (χ4v) is 1.91. The molecule has 1 fully saturated rings. The maximum absolute atomic E-state index is 11.9. The quantitative estimate of drug-likeness (QED) is 0.563. The van der Waals surface area contributed by atoms with Gasteiger partial charge in [-0.2, -0.15) is 0 Å². The second kappa shape index (κ2) is 6.93. The zero-order valence-electron chi connectivity index (χ0n) is 10.7. The van der Waals surface area contributed by atoms with E-state index in [0.29, 0.717) is 19.4 Å². The van der Waals surface area contributed by atoms with Crippen LogP contribution in [0.15, 0.2) is 0 Å². The Kier molecular flexibility index (Phi) is 5.56. The molecular formula is C11H18N2O6. The molecule has 8 nitrogen and oxygen atoms in total. The summed E-state index contributed by atoms with van der Waals surface area (Å²) in [5.74, 6) is -1.83. The fraction of sp³-hybridized carbons (Fsp3) is 0.727. The lowest BCUT2D eigenvalue weighted by Crippen LogP contribution is -2.52. The Balaban J connectivity index is 2.64. The molecule has 8 heteroatoms. The van der Waals surface area contributed by atoms with Gasteiger partial charge < -0.3 is 25.2 Å². The van der Waals surface area contributed by atoms with Crippen molar-refractivity contribution < 1.29 is 29.3 Å². The molecule has 1 saturated heterocycles. The van der Waals surface area contributed by atoms with E-state index < -0.39 is 36.7 Å². The smallest absolute Gasteiger partial charge is 0.328 e. The molecule has 2 amide bonds. The van der Waals surface area contributed by atoms with Gasteiger partial charge in [0.15, 0.2) is 6.04 Å². The molecule has 108 valence electrons. The number of carbonyl (C=O) groups is 3. The Bertz CT molecular complexity index is 359. The molecule has 19 heavy (non-hydrogen) atoms. The van der Waals surface area contributed by atoms with E-state index in [-0.39, 0.29) is 6.61 Å². The number of amides is 2. The van der Waals surface area contributed by atoms with E-state index in [1.165, 1.54) is 4.90 Å². The van der Waals surface area contributed by atoms with Crippen LogP contribution in [0.5, 0.6) is 0 Å². The number of carboxylic acid groups (broad SMARTS) is 1. The third-order valence-electron chi connectivity index (χ3n) is 2.85. The van der Waals surface area contributed by atoms with E-state index in [2.05, 4.69) is 5.32 Å². The summed E-state index contributed by atoms with van der Waals surface area (Å²) >= 11 is 0. The number of urea groups is 1. The van der Waals surface area contributed by atoms with Crippen molar-refractivity contribution in [1.29, 1.82) is 0 Å². The second-order valence-electron chi connectivity index (χ2n) is 4.13. The Morgan fingerprint density at radius 3 is 2.68 bits per heavy atom. The minimum Gasteiger partial charge on any atom is -0.480 e. The summed E-state index contributed by atoms with van der Waals surface area (Å²) in [6.45, 7) is 1.54. The topological polar surface area (TPSA) is 116 Å². The molecule has 0 aromatic heterocycles. The highest BCUT2D eigenvalue weighted by Gasteiger charge is 2.36. The lowest BCUT2D eigenvalue weighted by atomic mass is 10.2. The van der Waals surface area contributed by atoms with Gasteiger partial charge in [0.05, 0.1) is 13.2 Å². The van der Waals surface area contributed by atoms with Crippen LogP contribution in [0.4, 0.5) is 4.79 Å². The number of aliphatic carboxylic acids is 1. The van der Waals surface area contributed by atoms with Crippen LogP contribution in [0.3, 0.4) is 0 Å². The van der Waals surface area contributed by atoms with E-state index in [1.807, 2.05) is 0 Å². The molecular weight excluding hydrogens is 256 g/mol. The van der Waals surface area contributed by atoms with E-state index >= 15 is 0 Å². The first-order valence-corrected chi connectivity index (χ1v) is 6.08. The number of hydrogen-bond acceptors (Lipinski definition) is 5. The number of esters is 1. The molecule has 0 spiro atoms. The molecule has 0 bridgehead atoms. The van der Waals surface area contributed by atoms with Crippen LogP contribution < -0.4 is 5.32 Å². The van der Waals surface area contributed by atoms with Gasteiger partial charge in [0.2, 0.25) is 0 Å². The van der Waals surface area contributed by atoms with Crippen molar-refractivity contribution in [3.05, 3.63) is 0 Å². The van der Waals surface area contributed by atoms with Crippen LogP contribution in [-0.4, -0.2) is 64.9 Å². The first-order chi connectivity index (χ1) is 9.01. The normalized spacial score (nSPS) is 19.9. The molecule has 0 saturated carbocycles. The van der Waals surface area contributed by atoms with Gasteiger partial charge in [-0.05, 0) is 19.8 Å². The van der Waals surface area contributed by atoms with Gasteiger partial charge in [-0.25, -0.2) is 14.4 Å². The monoisotopic (exact) mass is 274 g/mol. The Hall–Kier alpha value is -1.83. The summed E-state index contributed by atoms with van der Waals surface area (Å²) in [5.41, 5.74) is 0. The zero-order valence-corrected chi connectivity index (χ0v) is 10.7. The summed E-state index contributed by atoms with van der Waals surface area (Å²) in [6, 6.07) is -2.75. The van der Waals surface area contributed by atoms with Crippen molar-refractivity contribution in [2.75, 3.05) is 19.8 Å². The van der Waals surface area contributed by atoms with Gasteiger partial charge in [-0.3, -0.25) is 0 Å². The van der Waals surface area contributed by atoms with Crippen LogP contribution in [0.25, 0.3) is 0 Å². The number of aliphatic hydroxyl groups is 1. The van der Waals surface area contributed by atoms with Crippen LogP contribution >= 0.6 is 0 Å². The summed E-state index contributed by atoms with van der Waals surface area (Å²) in [7, 11) is 0. The Morgan fingerprint density at radius 1 is 1.47 bits per heavy atom. The molecule has 0 aromatic carbocycles. The van der Waals surface area contributed by atoms with Crippen LogP contribution in [0.1, 0.15) is 19.8 Å². The van der Waals surface area contributed by atoms with Gasteiger partial charge >= 0.3 is 18.0 Å². The predicted molar refractivity (Wildman–Crippen MR) is 63.4 cm³/mol. The first kappa shape index (κ1) is 15.2. The molecule has 1 aliphatic heterocycles. The lowest BCUT2D eigenvalue weighted by molar-refractivity contribution is -0.147. The van der Waals surface area contributed by atoms with Crippen LogP contribution in [0.2, 0.25) is 0 Å². The number of nitrogens with zero attached hydrogens (tertiary/aromatic N) is 1. The van der Waals surface area contributed by atoms with Crippen molar-refractivity contribution in [3.8, 4) is 0 Å². The van der Waals surface area contributed by atoms with Crippen LogP contribution in [-0.2, 0) is 14.3 Å². The highest BCUT2D eigenvalue weighted by Crippen LogP contribution is 2.18. The summed E-state index contributed by atoms with van der Waals surface area (Å²) in [6.07, 6.45) is 1.14. The Labute approximate surface area is 110 Å². The van der Waals surface area contributed by atoms with E-state index in [9.17, 15) is 14.4 Å². The van der Waals surface area contributed by atoms with Crippen LogP contribution in [0, 0.1) is 0 Å². The minimum atomic E-state index is -1.38. The van der Waals surface area contributed by atoms with E-state index in [0.717, 1.165) is 0 Å².